The van der Waals surface area contributed by atoms with Crippen molar-refractivity contribution >= 4 is 67.8 Å². The van der Waals surface area contributed by atoms with E-state index in [9.17, 15) is 8.42 Å². The normalized spacial score (nSPS) is 11.4. The molecule has 0 aliphatic rings. The third-order valence-corrected chi connectivity index (χ3v) is 5.03. The predicted molar refractivity (Wildman–Crippen MR) is 88.1 cm³/mol. The monoisotopic (exact) mass is 384 g/mol. The molecule has 2 aromatic rings. The number of benzene rings is 2. The van der Waals surface area contributed by atoms with Crippen molar-refractivity contribution in [3.8, 4) is 0 Å². The van der Waals surface area contributed by atoms with Crippen LogP contribution in [0.2, 0.25) is 20.1 Å². The second-order valence-electron chi connectivity index (χ2n) is 4.03. The molecule has 0 amide bonds. The number of hydrogen-bond donors (Lipinski definition) is 2. The van der Waals surface area contributed by atoms with E-state index in [0.29, 0.717) is 5.02 Å². The van der Waals surface area contributed by atoms with Gasteiger partial charge in [0.05, 0.1) is 31.3 Å². The van der Waals surface area contributed by atoms with E-state index >= 15 is 0 Å². The van der Waals surface area contributed by atoms with Crippen molar-refractivity contribution in [2.24, 2.45) is 0 Å². The topological polar surface area (TPSA) is 72.2 Å². The molecule has 21 heavy (non-hydrogen) atoms. The van der Waals surface area contributed by atoms with Crippen molar-refractivity contribution in [1.29, 1.82) is 0 Å². The summed E-state index contributed by atoms with van der Waals surface area (Å²) < 4.78 is 26.9. The Morgan fingerprint density at radius 1 is 0.905 bits per heavy atom. The molecule has 9 heteroatoms. The molecule has 3 N–H and O–H groups in total. The lowest BCUT2D eigenvalue weighted by Crippen LogP contribution is -2.14. The number of nitrogens with two attached hydrogens (primary N) is 1. The molecule has 2 rings (SSSR count). The highest BCUT2D eigenvalue weighted by Gasteiger charge is 2.19. The molecule has 0 atom stereocenters. The van der Waals surface area contributed by atoms with Gasteiger partial charge in [-0.3, -0.25) is 4.72 Å². The first-order valence-electron chi connectivity index (χ1n) is 5.43. The molecule has 0 saturated heterocycles. The minimum atomic E-state index is -3.91. The summed E-state index contributed by atoms with van der Waals surface area (Å²) >= 11 is 23.4. The Morgan fingerprint density at radius 3 is 2.00 bits per heavy atom. The van der Waals surface area contributed by atoms with Crippen molar-refractivity contribution in [2.45, 2.75) is 4.90 Å². The minimum Gasteiger partial charge on any atom is -0.397 e. The number of rotatable bonds is 3. The van der Waals surface area contributed by atoms with E-state index in [1.807, 2.05) is 0 Å². The van der Waals surface area contributed by atoms with E-state index in [0.717, 1.165) is 0 Å². The maximum Gasteiger partial charge on any atom is 0.262 e. The Kier molecular flexibility index (Phi) is 4.80. The molecule has 0 aliphatic heterocycles. The SMILES string of the molecule is Nc1cc(S(=O)(=O)Nc2c(Cl)cc(Cl)cc2Cl)ccc1Cl. The average molecular weight is 386 g/mol. The molecule has 0 aromatic heterocycles. The van der Waals surface area contributed by atoms with E-state index in [1.165, 1.54) is 30.3 Å². The van der Waals surface area contributed by atoms with Gasteiger partial charge >= 0.3 is 0 Å². The number of anilines is 2. The first kappa shape index (κ1) is 16.5. The van der Waals surface area contributed by atoms with Gasteiger partial charge in [-0.25, -0.2) is 8.42 Å². The third-order valence-electron chi connectivity index (χ3n) is 2.52. The Hall–Kier alpha value is -0.850. The van der Waals surface area contributed by atoms with Gasteiger partial charge in [-0.1, -0.05) is 46.4 Å². The van der Waals surface area contributed by atoms with Crippen LogP contribution in [0.3, 0.4) is 0 Å². The molecule has 0 bridgehead atoms. The van der Waals surface area contributed by atoms with Gasteiger partial charge in [0.1, 0.15) is 0 Å². The Morgan fingerprint density at radius 2 is 1.48 bits per heavy atom. The molecular weight excluding hydrogens is 378 g/mol. The average Bonchev–Trinajstić information content (AvgIpc) is 2.37. The van der Waals surface area contributed by atoms with Crippen LogP contribution in [0, 0.1) is 0 Å². The summed E-state index contributed by atoms with van der Waals surface area (Å²) in [6, 6.07) is 6.70. The molecule has 0 aliphatic carbocycles. The van der Waals surface area contributed by atoms with Crippen LogP contribution in [0.4, 0.5) is 11.4 Å². The van der Waals surface area contributed by atoms with Gasteiger partial charge in [0, 0.05) is 5.02 Å². The highest BCUT2D eigenvalue weighted by molar-refractivity contribution is 7.92. The molecular formula is C12H8Cl4N2O2S. The molecule has 0 spiro atoms. The lowest BCUT2D eigenvalue weighted by molar-refractivity contribution is 0.601. The van der Waals surface area contributed by atoms with Gasteiger partial charge in [0.2, 0.25) is 0 Å². The zero-order valence-electron chi connectivity index (χ0n) is 10.2. The van der Waals surface area contributed by atoms with Gasteiger partial charge in [0.15, 0.2) is 0 Å². The largest absolute Gasteiger partial charge is 0.397 e. The van der Waals surface area contributed by atoms with Gasteiger partial charge in [-0.05, 0) is 30.3 Å². The van der Waals surface area contributed by atoms with E-state index in [1.54, 1.807) is 0 Å². The van der Waals surface area contributed by atoms with Crippen molar-refractivity contribution < 1.29 is 8.42 Å². The van der Waals surface area contributed by atoms with Crippen LogP contribution in [-0.2, 0) is 10.0 Å². The molecule has 0 heterocycles. The van der Waals surface area contributed by atoms with Gasteiger partial charge in [-0.2, -0.15) is 0 Å². The van der Waals surface area contributed by atoms with Gasteiger partial charge in [-0.15, -0.1) is 0 Å². The van der Waals surface area contributed by atoms with E-state index in [2.05, 4.69) is 4.72 Å². The van der Waals surface area contributed by atoms with E-state index in [-0.39, 0.29) is 31.3 Å². The summed E-state index contributed by atoms with van der Waals surface area (Å²) in [6.45, 7) is 0. The highest BCUT2D eigenvalue weighted by Crippen LogP contribution is 2.35. The third kappa shape index (κ3) is 3.67. The second kappa shape index (κ2) is 6.10. The fourth-order valence-corrected chi connectivity index (χ4v) is 3.80. The van der Waals surface area contributed by atoms with E-state index < -0.39 is 10.0 Å². The maximum absolute atomic E-state index is 12.3. The fraction of sp³-hybridized carbons (Fsp3) is 0. The number of nitrogen functional groups attached to an aromatic ring is 1. The van der Waals surface area contributed by atoms with Gasteiger partial charge in [0.25, 0.3) is 10.0 Å². The van der Waals surface area contributed by atoms with Crippen molar-refractivity contribution in [1.82, 2.24) is 0 Å². The summed E-state index contributed by atoms with van der Waals surface area (Å²) in [4.78, 5) is -0.0634. The predicted octanol–water partition coefficient (Wildman–Crippen LogP) is 4.68. The molecule has 0 saturated carbocycles. The lowest BCUT2D eigenvalue weighted by atomic mass is 10.3. The maximum atomic E-state index is 12.3. The Labute approximate surface area is 141 Å². The summed E-state index contributed by atoms with van der Waals surface area (Å²) in [6.07, 6.45) is 0. The summed E-state index contributed by atoms with van der Waals surface area (Å²) in [5, 5.41) is 0.719. The minimum absolute atomic E-state index is 0.0382. The summed E-state index contributed by atoms with van der Waals surface area (Å²) in [5.74, 6) is 0. The second-order valence-corrected chi connectivity index (χ2v) is 7.37. The molecule has 112 valence electrons. The van der Waals surface area contributed by atoms with Crippen LogP contribution >= 0.6 is 46.4 Å². The lowest BCUT2D eigenvalue weighted by Gasteiger charge is -2.12. The zero-order valence-corrected chi connectivity index (χ0v) is 14.0. The van der Waals surface area contributed by atoms with Crippen LogP contribution in [0.25, 0.3) is 0 Å². The first-order valence-corrected chi connectivity index (χ1v) is 8.42. The smallest absolute Gasteiger partial charge is 0.262 e. The number of nitrogens with one attached hydrogen (secondary N) is 1. The number of sulfonamides is 1. The van der Waals surface area contributed by atoms with Crippen molar-refractivity contribution in [2.75, 3.05) is 10.5 Å². The van der Waals surface area contributed by atoms with Crippen molar-refractivity contribution in [3.05, 3.63) is 50.4 Å². The molecule has 4 nitrogen and oxygen atoms in total. The molecule has 0 fully saturated rings. The van der Waals surface area contributed by atoms with Crippen molar-refractivity contribution in [3.63, 3.8) is 0 Å². The highest BCUT2D eigenvalue weighted by atomic mass is 35.5. The quantitative estimate of drug-likeness (QED) is 0.753. The summed E-state index contributed by atoms with van der Waals surface area (Å²) in [7, 11) is -3.91. The Bertz CT molecular complexity index is 786. The summed E-state index contributed by atoms with van der Waals surface area (Å²) in [5.41, 5.74) is 5.78. The standard InChI is InChI=1S/C12H8Cl4N2O2S/c13-6-3-9(15)12(10(16)4-6)18-21(19,20)7-1-2-8(14)11(17)5-7/h1-5,18H,17H2. The molecule has 0 unspecified atom stereocenters. The van der Waals surface area contributed by atoms with Crippen LogP contribution < -0.4 is 10.5 Å². The van der Waals surface area contributed by atoms with Crippen LogP contribution in [0.5, 0.6) is 0 Å². The van der Waals surface area contributed by atoms with E-state index in [4.69, 9.17) is 52.1 Å². The zero-order chi connectivity index (χ0) is 15.8. The molecule has 2 aromatic carbocycles. The van der Waals surface area contributed by atoms with Crippen LogP contribution in [0.1, 0.15) is 0 Å². The number of hydrogen-bond acceptors (Lipinski definition) is 3. The van der Waals surface area contributed by atoms with Crippen LogP contribution in [-0.4, -0.2) is 8.42 Å². The first-order chi connectivity index (χ1) is 9.70. The Balaban J connectivity index is 2.44. The van der Waals surface area contributed by atoms with Crippen LogP contribution in [0.15, 0.2) is 35.2 Å². The fourth-order valence-electron chi connectivity index (χ4n) is 1.52. The number of halogens is 4. The molecule has 0 radical (unpaired) electrons. The van der Waals surface area contributed by atoms with Gasteiger partial charge < -0.3 is 5.73 Å².